The monoisotopic (exact) mass is 396 g/mol. The van der Waals surface area contributed by atoms with E-state index < -0.39 is 0 Å². The summed E-state index contributed by atoms with van der Waals surface area (Å²) in [4.78, 5) is 2.57. The van der Waals surface area contributed by atoms with Crippen molar-refractivity contribution in [3.8, 4) is 6.07 Å². The number of aryl methyl sites for hydroxylation is 1. The molecule has 150 valence electrons. The van der Waals surface area contributed by atoms with Crippen LogP contribution in [0.25, 0.3) is 0 Å². The fourth-order valence-electron chi connectivity index (χ4n) is 3.59. The predicted octanol–water partition coefficient (Wildman–Crippen LogP) is 6.54. The van der Waals surface area contributed by atoms with Crippen LogP contribution in [0.3, 0.4) is 0 Å². The van der Waals surface area contributed by atoms with Crippen molar-refractivity contribution < 1.29 is 0 Å². The van der Waals surface area contributed by atoms with E-state index in [0.717, 1.165) is 19.5 Å². The minimum atomic E-state index is 0.350. The van der Waals surface area contributed by atoms with E-state index in [4.69, 9.17) is 16.9 Å². The Balaban J connectivity index is 0.000000878. The second-order valence-corrected chi connectivity index (χ2v) is 8.38. The van der Waals surface area contributed by atoms with E-state index in [1.165, 1.54) is 42.9 Å². The standard InChI is InChI=1S/C23H30ClN.C2H3N/c1-18(2)25(17-20-7-4-3-5-8-20)16-6-9-19-10-12-21(13-11-19)22-14-15-23(22)24;1-2-3/h3-5,7-8,10-13,18,22-23H,6,9,14-17H2,1-2H3;1H3. The number of hydrogen-bond acceptors (Lipinski definition) is 2. The highest BCUT2D eigenvalue weighted by molar-refractivity contribution is 6.21. The van der Waals surface area contributed by atoms with Gasteiger partial charge in [-0.2, -0.15) is 5.26 Å². The number of halogens is 1. The van der Waals surface area contributed by atoms with Crippen LogP contribution in [0.4, 0.5) is 0 Å². The normalized spacial score (nSPS) is 18.2. The van der Waals surface area contributed by atoms with Gasteiger partial charge in [-0.1, -0.05) is 54.6 Å². The Bertz CT molecular complexity index is 718. The molecule has 0 N–H and O–H groups in total. The number of alkyl halides is 1. The SMILES string of the molecule is CC#N.CC(C)N(CCCc1ccc(C2CCC2Cl)cc1)Cc1ccccc1. The summed E-state index contributed by atoms with van der Waals surface area (Å²) in [5.41, 5.74) is 4.26. The molecule has 0 spiro atoms. The van der Waals surface area contributed by atoms with Gasteiger partial charge in [-0.05, 0) is 62.8 Å². The van der Waals surface area contributed by atoms with Gasteiger partial charge < -0.3 is 0 Å². The smallest absolute Gasteiger partial charge is 0.0587 e. The number of hydrogen-bond donors (Lipinski definition) is 0. The third-order valence-electron chi connectivity index (χ3n) is 5.47. The van der Waals surface area contributed by atoms with Gasteiger partial charge in [0.05, 0.1) is 6.07 Å². The van der Waals surface area contributed by atoms with Crippen molar-refractivity contribution in [1.82, 2.24) is 4.90 Å². The molecule has 1 fully saturated rings. The summed E-state index contributed by atoms with van der Waals surface area (Å²) in [6.07, 6.45) is 4.76. The summed E-state index contributed by atoms with van der Waals surface area (Å²) in [7, 11) is 0. The molecule has 0 aromatic heterocycles. The molecule has 1 aliphatic rings. The first-order valence-corrected chi connectivity index (χ1v) is 10.8. The Morgan fingerprint density at radius 2 is 1.68 bits per heavy atom. The lowest BCUT2D eigenvalue weighted by molar-refractivity contribution is 0.210. The summed E-state index contributed by atoms with van der Waals surface area (Å²) in [5, 5.41) is 7.67. The highest BCUT2D eigenvalue weighted by atomic mass is 35.5. The van der Waals surface area contributed by atoms with Gasteiger partial charge in [0.2, 0.25) is 0 Å². The van der Waals surface area contributed by atoms with Crippen LogP contribution >= 0.6 is 11.6 Å². The molecule has 3 rings (SSSR count). The fraction of sp³-hybridized carbons (Fsp3) is 0.480. The molecule has 0 aliphatic heterocycles. The van der Waals surface area contributed by atoms with Crippen molar-refractivity contribution in [3.63, 3.8) is 0 Å². The topological polar surface area (TPSA) is 27.0 Å². The molecular weight excluding hydrogens is 364 g/mol. The molecule has 28 heavy (non-hydrogen) atoms. The maximum atomic E-state index is 7.32. The van der Waals surface area contributed by atoms with Crippen LogP contribution in [-0.2, 0) is 13.0 Å². The van der Waals surface area contributed by atoms with Crippen molar-refractivity contribution in [1.29, 1.82) is 5.26 Å². The van der Waals surface area contributed by atoms with Crippen molar-refractivity contribution in [2.24, 2.45) is 0 Å². The molecule has 2 unspecified atom stereocenters. The molecule has 0 bridgehead atoms. The molecule has 0 radical (unpaired) electrons. The molecule has 0 heterocycles. The summed E-state index contributed by atoms with van der Waals surface area (Å²) >= 11 is 6.30. The second kappa shape index (κ2) is 11.9. The zero-order chi connectivity index (χ0) is 20.4. The summed E-state index contributed by atoms with van der Waals surface area (Å²) in [6, 6.07) is 22.3. The highest BCUT2D eigenvalue weighted by Gasteiger charge is 2.29. The van der Waals surface area contributed by atoms with Crippen LogP contribution in [-0.4, -0.2) is 22.9 Å². The maximum Gasteiger partial charge on any atom is 0.0587 e. The zero-order valence-electron chi connectivity index (χ0n) is 17.4. The van der Waals surface area contributed by atoms with Crippen LogP contribution in [0.1, 0.15) is 62.6 Å². The van der Waals surface area contributed by atoms with E-state index in [9.17, 15) is 0 Å². The molecule has 1 aliphatic carbocycles. The highest BCUT2D eigenvalue weighted by Crippen LogP contribution is 2.40. The average Bonchev–Trinajstić information content (AvgIpc) is 2.68. The van der Waals surface area contributed by atoms with E-state index in [1.54, 1.807) is 6.07 Å². The summed E-state index contributed by atoms with van der Waals surface area (Å²) in [5.74, 6) is 0.582. The van der Waals surface area contributed by atoms with Gasteiger partial charge in [0, 0.05) is 30.8 Å². The third-order valence-corrected chi connectivity index (χ3v) is 5.99. The van der Waals surface area contributed by atoms with Gasteiger partial charge in [0.15, 0.2) is 0 Å². The van der Waals surface area contributed by atoms with Gasteiger partial charge in [-0.15, -0.1) is 11.6 Å². The lowest BCUT2D eigenvalue weighted by Crippen LogP contribution is -2.31. The first-order valence-electron chi connectivity index (χ1n) is 10.4. The number of nitriles is 1. The lowest BCUT2D eigenvalue weighted by Gasteiger charge is -2.32. The summed E-state index contributed by atoms with van der Waals surface area (Å²) in [6.45, 7) is 8.19. The van der Waals surface area contributed by atoms with Crippen LogP contribution in [0.2, 0.25) is 0 Å². The number of rotatable bonds is 8. The van der Waals surface area contributed by atoms with Crippen LogP contribution < -0.4 is 0 Å². The van der Waals surface area contributed by atoms with E-state index in [-0.39, 0.29) is 0 Å². The maximum absolute atomic E-state index is 7.32. The minimum absolute atomic E-state index is 0.350. The molecule has 0 saturated heterocycles. The molecule has 1 saturated carbocycles. The van der Waals surface area contributed by atoms with Gasteiger partial charge in [-0.3, -0.25) is 4.90 Å². The Labute approximate surface area is 176 Å². The largest absolute Gasteiger partial charge is 0.297 e. The van der Waals surface area contributed by atoms with Crippen LogP contribution in [0, 0.1) is 11.3 Å². The Hall–Kier alpha value is -1.82. The molecule has 2 atom stereocenters. The molecule has 2 nitrogen and oxygen atoms in total. The van der Waals surface area contributed by atoms with Gasteiger partial charge in [0.1, 0.15) is 0 Å². The Kier molecular flexibility index (Phi) is 9.55. The minimum Gasteiger partial charge on any atom is -0.297 e. The van der Waals surface area contributed by atoms with E-state index in [2.05, 4.69) is 73.3 Å². The fourth-order valence-corrected chi connectivity index (χ4v) is 3.99. The molecule has 3 heteroatoms. The molecule has 2 aromatic carbocycles. The number of benzene rings is 2. The molecule has 2 aromatic rings. The average molecular weight is 397 g/mol. The lowest BCUT2D eigenvalue weighted by atomic mass is 9.79. The zero-order valence-corrected chi connectivity index (χ0v) is 18.2. The second-order valence-electron chi connectivity index (χ2n) is 7.82. The van der Waals surface area contributed by atoms with E-state index >= 15 is 0 Å². The van der Waals surface area contributed by atoms with Crippen molar-refractivity contribution in [3.05, 3.63) is 71.3 Å². The van der Waals surface area contributed by atoms with E-state index in [1.807, 2.05) is 0 Å². The van der Waals surface area contributed by atoms with Gasteiger partial charge >= 0.3 is 0 Å². The van der Waals surface area contributed by atoms with Crippen LogP contribution in [0.15, 0.2) is 54.6 Å². The predicted molar refractivity (Wildman–Crippen MR) is 120 cm³/mol. The Morgan fingerprint density at radius 1 is 1.04 bits per heavy atom. The van der Waals surface area contributed by atoms with E-state index in [0.29, 0.717) is 17.3 Å². The van der Waals surface area contributed by atoms with Crippen LogP contribution in [0.5, 0.6) is 0 Å². The third kappa shape index (κ3) is 6.97. The quantitative estimate of drug-likeness (QED) is 0.473. The van der Waals surface area contributed by atoms with Crippen molar-refractivity contribution >= 4 is 11.6 Å². The number of nitrogens with zero attached hydrogens (tertiary/aromatic N) is 2. The first-order chi connectivity index (χ1) is 13.5. The Morgan fingerprint density at radius 3 is 2.18 bits per heavy atom. The van der Waals surface area contributed by atoms with Gasteiger partial charge in [-0.25, -0.2) is 0 Å². The first kappa shape index (κ1) is 22.5. The van der Waals surface area contributed by atoms with Gasteiger partial charge in [0.25, 0.3) is 0 Å². The van der Waals surface area contributed by atoms with Crippen molar-refractivity contribution in [2.75, 3.05) is 6.54 Å². The summed E-state index contributed by atoms with van der Waals surface area (Å²) < 4.78 is 0. The molecule has 0 amide bonds. The van der Waals surface area contributed by atoms with Crippen molar-refractivity contribution in [2.45, 2.75) is 70.3 Å². The molecular formula is C25H33ClN2.